The van der Waals surface area contributed by atoms with E-state index in [4.69, 9.17) is 0 Å². The SMILES string of the molecule is CN(C)CC1CCc2cc(NC(=O)N3CCC(c4ccc(F)cc4)CC3)ccc2C1O. The largest absolute Gasteiger partial charge is 0.388 e. The van der Waals surface area contributed by atoms with Gasteiger partial charge in [-0.25, -0.2) is 9.18 Å². The summed E-state index contributed by atoms with van der Waals surface area (Å²) in [6.07, 6.45) is 3.16. The van der Waals surface area contributed by atoms with Crippen LogP contribution in [0.25, 0.3) is 0 Å². The quantitative estimate of drug-likeness (QED) is 0.764. The summed E-state index contributed by atoms with van der Waals surface area (Å²) < 4.78 is 13.1. The molecule has 0 spiro atoms. The second kappa shape index (κ2) is 9.37. The minimum absolute atomic E-state index is 0.0839. The van der Waals surface area contributed by atoms with Crippen LogP contribution in [0.1, 0.15) is 48.0 Å². The molecule has 0 radical (unpaired) electrons. The van der Waals surface area contributed by atoms with E-state index in [0.717, 1.165) is 54.6 Å². The molecule has 0 bridgehead atoms. The molecule has 2 aromatic rings. The zero-order valence-corrected chi connectivity index (χ0v) is 18.4. The Hall–Kier alpha value is -2.44. The van der Waals surface area contributed by atoms with Crippen LogP contribution in [0.4, 0.5) is 14.9 Å². The monoisotopic (exact) mass is 425 g/mol. The Morgan fingerprint density at radius 2 is 1.84 bits per heavy atom. The Balaban J connectivity index is 1.34. The van der Waals surface area contributed by atoms with Gasteiger partial charge in [0.15, 0.2) is 0 Å². The normalized spacial score (nSPS) is 21.8. The van der Waals surface area contributed by atoms with Crippen molar-refractivity contribution in [2.75, 3.05) is 39.0 Å². The van der Waals surface area contributed by atoms with Gasteiger partial charge < -0.3 is 20.2 Å². The topological polar surface area (TPSA) is 55.8 Å². The summed E-state index contributed by atoms with van der Waals surface area (Å²) in [7, 11) is 4.06. The number of nitrogens with one attached hydrogen (secondary N) is 1. The van der Waals surface area contributed by atoms with Crippen molar-refractivity contribution in [2.24, 2.45) is 5.92 Å². The number of nitrogens with zero attached hydrogens (tertiary/aromatic N) is 2. The number of likely N-dealkylation sites (tertiary alicyclic amines) is 1. The molecule has 166 valence electrons. The lowest BCUT2D eigenvalue weighted by molar-refractivity contribution is 0.0768. The molecule has 2 aromatic carbocycles. The molecule has 2 aliphatic rings. The van der Waals surface area contributed by atoms with Crippen molar-refractivity contribution in [1.29, 1.82) is 0 Å². The van der Waals surface area contributed by atoms with Crippen LogP contribution in [0, 0.1) is 11.7 Å². The van der Waals surface area contributed by atoms with E-state index < -0.39 is 6.10 Å². The van der Waals surface area contributed by atoms with Crippen molar-refractivity contribution in [3.8, 4) is 0 Å². The molecular formula is C25H32FN3O2. The predicted molar refractivity (Wildman–Crippen MR) is 121 cm³/mol. The van der Waals surface area contributed by atoms with Crippen molar-refractivity contribution in [3.63, 3.8) is 0 Å². The van der Waals surface area contributed by atoms with Gasteiger partial charge in [0.2, 0.25) is 0 Å². The maximum Gasteiger partial charge on any atom is 0.321 e. The summed E-state index contributed by atoms with van der Waals surface area (Å²) >= 11 is 0. The Morgan fingerprint density at radius 3 is 2.52 bits per heavy atom. The number of carbonyl (C=O) groups is 1. The number of hydrogen-bond donors (Lipinski definition) is 2. The van der Waals surface area contributed by atoms with Gasteiger partial charge in [-0.05, 0) is 86.7 Å². The van der Waals surface area contributed by atoms with Gasteiger partial charge in [0.05, 0.1) is 6.10 Å². The zero-order chi connectivity index (χ0) is 22.0. The molecule has 5 nitrogen and oxygen atoms in total. The number of piperidine rings is 1. The molecule has 1 saturated heterocycles. The number of fused-ring (bicyclic) bond motifs is 1. The van der Waals surface area contributed by atoms with Gasteiger partial charge >= 0.3 is 6.03 Å². The van der Waals surface area contributed by atoms with Gasteiger partial charge in [-0.3, -0.25) is 0 Å². The fourth-order valence-electron chi connectivity index (χ4n) is 4.95. The van der Waals surface area contributed by atoms with E-state index in [2.05, 4.69) is 10.2 Å². The third-order valence-corrected chi connectivity index (χ3v) is 6.67. The Bertz CT molecular complexity index is 907. The van der Waals surface area contributed by atoms with Crippen LogP contribution in [0.3, 0.4) is 0 Å². The van der Waals surface area contributed by atoms with E-state index in [1.54, 1.807) is 0 Å². The number of halogens is 1. The average Bonchev–Trinajstić information content (AvgIpc) is 2.76. The van der Waals surface area contributed by atoms with Gasteiger partial charge in [-0.2, -0.15) is 0 Å². The summed E-state index contributed by atoms with van der Waals surface area (Å²) in [5, 5.41) is 13.8. The molecule has 0 aromatic heterocycles. The van der Waals surface area contributed by atoms with Crippen LogP contribution >= 0.6 is 0 Å². The number of aliphatic hydroxyl groups excluding tert-OH is 1. The first-order valence-electron chi connectivity index (χ1n) is 11.2. The molecule has 1 aliphatic heterocycles. The van der Waals surface area contributed by atoms with E-state index in [1.807, 2.05) is 49.3 Å². The molecule has 1 fully saturated rings. The smallest absolute Gasteiger partial charge is 0.321 e. The highest BCUT2D eigenvalue weighted by Gasteiger charge is 2.29. The third kappa shape index (κ3) is 5.08. The molecule has 0 saturated carbocycles. The number of hydrogen-bond acceptors (Lipinski definition) is 3. The molecule has 2 amide bonds. The molecule has 31 heavy (non-hydrogen) atoms. The van der Waals surface area contributed by atoms with E-state index in [0.29, 0.717) is 19.0 Å². The van der Waals surface area contributed by atoms with Crippen LogP contribution < -0.4 is 5.32 Å². The molecule has 6 heteroatoms. The lowest BCUT2D eigenvalue weighted by Gasteiger charge is -2.33. The lowest BCUT2D eigenvalue weighted by atomic mass is 9.81. The van der Waals surface area contributed by atoms with Crippen LogP contribution in [0.2, 0.25) is 0 Å². The van der Waals surface area contributed by atoms with Gasteiger partial charge in [-0.15, -0.1) is 0 Å². The highest BCUT2D eigenvalue weighted by Crippen LogP contribution is 2.36. The maximum atomic E-state index is 13.1. The number of aliphatic hydroxyl groups is 1. The molecule has 1 heterocycles. The maximum absolute atomic E-state index is 13.1. The highest BCUT2D eigenvalue weighted by atomic mass is 19.1. The number of urea groups is 1. The fraction of sp³-hybridized carbons (Fsp3) is 0.480. The van der Waals surface area contributed by atoms with Crippen molar-refractivity contribution in [1.82, 2.24) is 9.80 Å². The van der Waals surface area contributed by atoms with Crippen LogP contribution in [-0.2, 0) is 6.42 Å². The second-order valence-corrected chi connectivity index (χ2v) is 9.16. The third-order valence-electron chi connectivity index (χ3n) is 6.67. The molecule has 1 aliphatic carbocycles. The Kier molecular flexibility index (Phi) is 6.58. The summed E-state index contributed by atoms with van der Waals surface area (Å²) in [5.41, 5.74) is 4.02. The standard InChI is InChI=1S/C25H32FN3O2/c1-28(2)16-20-4-3-19-15-22(9-10-23(19)24(20)30)27-25(31)29-13-11-18(12-14-29)17-5-7-21(26)8-6-17/h5-10,15,18,20,24,30H,3-4,11-14,16H2,1-2H3,(H,27,31). The molecule has 2 N–H and O–H groups in total. The summed E-state index contributed by atoms with van der Waals surface area (Å²) in [5.74, 6) is 0.390. The summed E-state index contributed by atoms with van der Waals surface area (Å²) in [4.78, 5) is 16.7. The van der Waals surface area contributed by atoms with Crippen molar-refractivity contribution in [2.45, 2.75) is 37.7 Å². The van der Waals surface area contributed by atoms with Crippen molar-refractivity contribution < 1.29 is 14.3 Å². The number of carbonyl (C=O) groups excluding carboxylic acids is 1. The number of amides is 2. The highest BCUT2D eigenvalue weighted by molar-refractivity contribution is 5.89. The van der Waals surface area contributed by atoms with Crippen LogP contribution in [-0.4, -0.2) is 54.7 Å². The van der Waals surface area contributed by atoms with Crippen molar-refractivity contribution in [3.05, 3.63) is 65.0 Å². The number of anilines is 1. The Morgan fingerprint density at radius 1 is 1.13 bits per heavy atom. The summed E-state index contributed by atoms with van der Waals surface area (Å²) in [6.45, 7) is 2.24. The number of aryl methyl sites for hydroxylation is 1. The van der Waals surface area contributed by atoms with Crippen LogP contribution in [0.5, 0.6) is 0 Å². The lowest BCUT2D eigenvalue weighted by Crippen LogP contribution is -2.40. The number of rotatable bonds is 4. The zero-order valence-electron chi connectivity index (χ0n) is 18.4. The first-order chi connectivity index (χ1) is 14.9. The minimum atomic E-state index is -0.457. The summed E-state index contributed by atoms with van der Waals surface area (Å²) in [6, 6.07) is 12.5. The average molecular weight is 426 g/mol. The van der Waals surface area contributed by atoms with Gasteiger partial charge in [-0.1, -0.05) is 18.2 Å². The predicted octanol–water partition coefficient (Wildman–Crippen LogP) is 4.39. The molecule has 2 atom stereocenters. The first-order valence-corrected chi connectivity index (χ1v) is 11.2. The van der Waals surface area contributed by atoms with E-state index in [9.17, 15) is 14.3 Å². The first kappa shape index (κ1) is 21.8. The molecule has 2 unspecified atom stereocenters. The van der Waals surface area contributed by atoms with Crippen LogP contribution in [0.15, 0.2) is 42.5 Å². The van der Waals surface area contributed by atoms with Gasteiger partial charge in [0, 0.05) is 31.2 Å². The van der Waals surface area contributed by atoms with E-state index in [-0.39, 0.29) is 17.8 Å². The Labute approximate surface area is 183 Å². The molecule has 4 rings (SSSR count). The molecular weight excluding hydrogens is 393 g/mol. The van der Waals surface area contributed by atoms with Gasteiger partial charge in [0.1, 0.15) is 5.82 Å². The fourth-order valence-corrected chi connectivity index (χ4v) is 4.95. The van der Waals surface area contributed by atoms with Crippen molar-refractivity contribution >= 4 is 11.7 Å². The van der Waals surface area contributed by atoms with Gasteiger partial charge in [0.25, 0.3) is 0 Å². The number of benzene rings is 2. The van der Waals surface area contributed by atoms with E-state index in [1.165, 1.54) is 12.1 Å². The minimum Gasteiger partial charge on any atom is -0.388 e. The second-order valence-electron chi connectivity index (χ2n) is 9.16. The van der Waals surface area contributed by atoms with E-state index >= 15 is 0 Å².